The first kappa shape index (κ1) is 14.3. The van der Waals surface area contributed by atoms with E-state index in [0.29, 0.717) is 13.0 Å². The number of para-hydroxylation sites is 1. The lowest BCUT2D eigenvalue weighted by molar-refractivity contribution is 0.0697. The molecule has 108 valence electrons. The van der Waals surface area contributed by atoms with Crippen LogP contribution in [0.25, 0.3) is 0 Å². The summed E-state index contributed by atoms with van der Waals surface area (Å²) in [7, 11) is 0. The van der Waals surface area contributed by atoms with Crippen LogP contribution in [0.3, 0.4) is 0 Å². The Labute approximate surface area is 114 Å². The maximum atomic E-state index is 13.6. The summed E-state index contributed by atoms with van der Waals surface area (Å²) in [6.07, 6.45) is 0.540. The van der Waals surface area contributed by atoms with Crippen molar-refractivity contribution in [2.45, 2.75) is 25.5 Å². The monoisotopic (exact) mass is 282 g/mol. The number of aromatic carboxylic acids is 1. The molecule has 20 heavy (non-hydrogen) atoms. The summed E-state index contributed by atoms with van der Waals surface area (Å²) in [5.41, 5.74) is -0.639. The predicted molar refractivity (Wildman–Crippen MR) is 69.3 cm³/mol. The van der Waals surface area contributed by atoms with E-state index in [2.05, 4.69) is 10.6 Å². The first-order chi connectivity index (χ1) is 9.49. The van der Waals surface area contributed by atoms with Gasteiger partial charge in [0.2, 0.25) is 0 Å². The molecule has 2 atom stereocenters. The van der Waals surface area contributed by atoms with Crippen molar-refractivity contribution in [3.63, 3.8) is 0 Å². The number of rotatable bonds is 3. The van der Waals surface area contributed by atoms with Gasteiger partial charge in [0.1, 0.15) is 5.82 Å². The van der Waals surface area contributed by atoms with Gasteiger partial charge in [0, 0.05) is 6.61 Å². The van der Waals surface area contributed by atoms with E-state index in [-0.39, 0.29) is 23.4 Å². The summed E-state index contributed by atoms with van der Waals surface area (Å²) in [5.74, 6) is -2.10. The molecule has 7 heteroatoms. The summed E-state index contributed by atoms with van der Waals surface area (Å²) < 4.78 is 18.9. The number of hydrogen-bond acceptors (Lipinski definition) is 3. The maximum Gasteiger partial charge on any atom is 0.337 e. The normalized spacial score (nSPS) is 21.5. The van der Waals surface area contributed by atoms with Gasteiger partial charge in [-0.2, -0.15) is 0 Å². The van der Waals surface area contributed by atoms with E-state index in [1.807, 2.05) is 6.92 Å². The number of hydrogen-bond donors (Lipinski definition) is 3. The molecule has 2 rings (SSSR count). The number of anilines is 1. The molecule has 1 saturated heterocycles. The lowest BCUT2D eigenvalue weighted by atomic mass is 10.1. The Morgan fingerprint density at radius 2 is 2.20 bits per heavy atom. The highest BCUT2D eigenvalue weighted by Gasteiger charge is 2.26. The Bertz CT molecular complexity index is 535. The van der Waals surface area contributed by atoms with Gasteiger partial charge in [-0.05, 0) is 25.5 Å². The highest BCUT2D eigenvalue weighted by atomic mass is 19.1. The number of carboxylic acid groups (broad SMARTS) is 1. The molecule has 1 aromatic rings. The highest BCUT2D eigenvalue weighted by molar-refractivity contribution is 6.00. The van der Waals surface area contributed by atoms with Crippen LogP contribution in [0.5, 0.6) is 0 Å². The zero-order valence-corrected chi connectivity index (χ0v) is 10.9. The number of carbonyl (C=O) groups is 2. The first-order valence-corrected chi connectivity index (χ1v) is 6.20. The molecule has 1 aliphatic rings. The molecular formula is C13H15FN2O4. The maximum absolute atomic E-state index is 13.6. The average molecular weight is 282 g/mol. The molecule has 2 unspecified atom stereocenters. The third-order valence-electron chi connectivity index (χ3n) is 3.18. The quantitative estimate of drug-likeness (QED) is 0.789. The second-order valence-electron chi connectivity index (χ2n) is 4.54. The Morgan fingerprint density at radius 3 is 2.80 bits per heavy atom. The van der Waals surface area contributed by atoms with E-state index in [0.717, 1.165) is 6.07 Å². The van der Waals surface area contributed by atoms with E-state index in [1.165, 1.54) is 12.1 Å². The van der Waals surface area contributed by atoms with Crippen LogP contribution < -0.4 is 10.6 Å². The summed E-state index contributed by atoms with van der Waals surface area (Å²) in [4.78, 5) is 22.8. The van der Waals surface area contributed by atoms with Crippen LogP contribution >= 0.6 is 0 Å². The zero-order chi connectivity index (χ0) is 14.7. The molecule has 3 N–H and O–H groups in total. The molecule has 0 aromatic heterocycles. The van der Waals surface area contributed by atoms with Crippen molar-refractivity contribution in [1.82, 2.24) is 5.32 Å². The number of nitrogens with one attached hydrogen (secondary N) is 2. The third kappa shape index (κ3) is 3.05. The predicted octanol–water partition coefficient (Wildman–Crippen LogP) is 1.82. The minimum absolute atomic E-state index is 0.125. The number of ether oxygens (including phenoxy) is 1. The van der Waals surface area contributed by atoms with Crippen LogP contribution in [0.2, 0.25) is 0 Å². The van der Waals surface area contributed by atoms with Crippen molar-refractivity contribution in [3.8, 4) is 0 Å². The molecule has 0 radical (unpaired) electrons. The Hall–Kier alpha value is -2.15. The van der Waals surface area contributed by atoms with Gasteiger partial charge in [-0.15, -0.1) is 0 Å². The molecule has 0 saturated carbocycles. The van der Waals surface area contributed by atoms with Crippen molar-refractivity contribution in [1.29, 1.82) is 0 Å². The van der Waals surface area contributed by atoms with Gasteiger partial charge < -0.3 is 20.5 Å². The Kier molecular flexibility index (Phi) is 4.19. The van der Waals surface area contributed by atoms with Crippen LogP contribution in [0, 0.1) is 5.82 Å². The Balaban J connectivity index is 2.09. The highest BCUT2D eigenvalue weighted by Crippen LogP contribution is 2.20. The van der Waals surface area contributed by atoms with Crippen molar-refractivity contribution < 1.29 is 23.8 Å². The number of carboxylic acids is 1. The molecule has 1 aliphatic heterocycles. The van der Waals surface area contributed by atoms with Crippen LogP contribution in [-0.4, -0.2) is 35.9 Å². The van der Waals surface area contributed by atoms with E-state index < -0.39 is 17.8 Å². The van der Waals surface area contributed by atoms with Gasteiger partial charge >= 0.3 is 12.0 Å². The van der Waals surface area contributed by atoms with Gasteiger partial charge in [0.15, 0.2) is 0 Å². The zero-order valence-electron chi connectivity index (χ0n) is 10.9. The first-order valence-electron chi connectivity index (χ1n) is 6.20. The topological polar surface area (TPSA) is 87.7 Å². The average Bonchev–Trinajstić information content (AvgIpc) is 2.77. The van der Waals surface area contributed by atoms with Crippen molar-refractivity contribution >= 4 is 17.7 Å². The fourth-order valence-electron chi connectivity index (χ4n) is 2.07. The SMILES string of the molecule is CC1OCCC1NC(=O)Nc1c(F)cccc1C(=O)O. The van der Waals surface area contributed by atoms with Gasteiger partial charge in [0.25, 0.3) is 0 Å². The second-order valence-corrected chi connectivity index (χ2v) is 4.54. The smallest absolute Gasteiger partial charge is 0.337 e. The van der Waals surface area contributed by atoms with Crippen molar-refractivity contribution in [3.05, 3.63) is 29.6 Å². The molecule has 1 heterocycles. The van der Waals surface area contributed by atoms with E-state index in [1.54, 1.807) is 0 Å². The van der Waals surface area contributed by atoms with Gasteiger partial charge in [-0.3, -0.25) is 0 Å². The minimum Gasteiger partial charge on any atom is -0.478 e. The van der Waals surface area contributed by atoms with E-state index >= 15 is 0 Å². The lowest BCUT2D eigenvalue weighted by Gasteiger charge is -2.17. The Morgan fingerprint density at radius 1 is 1.45 bits per heavy atom. The summed E-state index contributed by atoms with van der Waals surface area (Å²) in [6.45, 7) is 2.37. The van der Waals surface area contributed by atoms with E-state index in [9.17, 15) is 14.0 Å². The summed E-state index contributed by atoms with van der Waals surface area (Å²) in [5, 5.41) is 13.9. The van der Waals surface area contributed by atoms with Gasteiger partial charge in [0.05, 0.1) is 23.4 Å². The van der Waals surface area contributed by atoms with Crippen LogP contribution in [0.4, 0.5) is 14.9 Å². The molecule has 1 fully saturated rings. The molecular weight excluding hydrogens is 267 g/mol. The minimum atomic E-state index is -1.31. The van der Waals surface area contributed by atoms with Crippen molar-refractivity contribution in [2.24, 2.45) is 0 Å². The molecule has 0 spiro atoms. The molecule has 0 bridgehead atoms. The molecule has 0 aliphatic carbocycles. The molecule has 2 amide bonds. The fourth-order valence-corrected chi connectivity index (χ4v) is 2.07. The summed E-state index contributed by atoms with van der Waals surface area (Å²) >= 11 is 0. The number of urea groups is 1. The molecule has 1 aromatic carbocycles. The van der Waals surface area contributed by atoms with Crippen LogP contribution in [0.15, 0.2) is 18.2 Å². The van der Waals surface area contributed by atoms with E-state index in [4.69, 9.17) is 9.84 Å². The fraction of sp³-hybridized carbons (Fsp3) is 0.385. The lowest BCUT2D eigenvalue weighted by Crippen LogP contribution is -2.41. The largest absolute Gasteiger partial charge is 0.478 e. The van der Waals surface area contributed by atoms with Crippen LogP contribution in [-0.2, 0) is 4.74 Å². The molecule has 6 nitrogen and oxygen atoms in total. The second kappa shape index (κ2) is 5.87. The number of benzene rings is 1. The summed E-state index contributed by atoms with van der Waals surface area (Å²) in [6, 6.07) is 2.76. The number of halogens is 1. The van der Waals surface area contributed by atoms with Crippen molar-refractivity contribution in [2.75, 3.05) is 11.9 Å². The van der Waals surface area contributed by atoms with Gasteiger partial charge in [-0.1, -0.05) is 6.07 Å². The third-order valence-corrected chi connectivity index (χ3v) is 3.18. The standard InChI is InChI=1S/C13H15FN2O4/c1-7-10(5-6-20-7)15-13(19)16-11-8(12(17)18)3-2-4-9(11)14/h2-4,7,10H,5-6H2,1H3,(H,17,18)(H2,15,16,19). The van der Waals surface area contributed by atoms with Gasteiger partial charge in [-0.25, -0.2) is 14.0 Å². The number of amides is 2. The van der Waals surface area contributed by atoms with Crippen LogP contribution in [0.1, 0.15) is 23.7 Å². The number of carbonyl (C=O) groups excluding carboxylic acids is 1.